The molecule has 0 rings (SSSR count). The first-order valence-electron chi connectivity index (χ1n) is 9.82. The molecule has 0 heterocycles. The minimum absolute atomic E-state index is 0.0586. The Morgan fingerprint density at radius 3 is 2.04 bits per heavy atom. The van der Waals surface area contributed by atoms with E-state index in [-0.39, 0.29) is 19.2 Å². The summed E-state index contributed by atoms with van der Waals surface area (Å²) in [6.45, 7) is 2.67. The summed E-state index contributed by atoms with van der Waals surface area (Å²) < 4.78 is 14.7. The smallest absolute Gasteiger partial charge is 0.338 e. The highest BCUT2D eigenvalue weighted by Crippen LogP contribution is 2.35. The van der Waals surface area contributed by atoms with Crippen molar-refractivity contribution in [2.45, 2.75) is 77.6 Å². The molecular formula is C18H37N2O5P. The average Bonchev–Trinajstić information content (AvgIpc) is 2.58. The van der Waals surface area contributed by atoms with Gasteiger partial charge in [-0.25, -0.2) is 9.36 Å². The Bertz CT molecular complexity index is 412. The van der Waals surface area contributed by atoms with Crippen LogP contribution >= 0.6 is 7.82 Å². The molecule has 0 aliphatic rings. The molecule has 0 unspecified atom stereocenters. The highest BCUT2D eigenvalue weighted by Gasteiger charge is 2.12. The summed E-state index contributed by atoms with van der Waals surface area (Å²) in [5, 5.41) is 5.19. The van der Waals surface area contributed by atoms with Crippen molar-refractivity contribution in [3.05, 3.63) is 12.2 Å². The van der Waals surface area contributed by atoms with E-state index < -0.39 is 7.82 Å². The first-order chi connectivity index (χ1) is 12.5. The molecule has 0 atom stereocenters. The van der Waals surface area contributed by atoms with Gasteiger partial charge in [0.25, 0.3) is 0 Å². The summed E-state index contributed by atoms with van der Waals surface area (Å²) in [6.07, 6.45) is 17.9. The normalized spacial score (nSPS) is 11.8. The molecule has 0 bridgehead atoms. The fourth-order valence-electron chi connectivity index (χ4n) is 2.44. The topological polar surface area (TPSA) is 108 Å². The molecule has 0 spiro atoms. The van der Waals surface area contributed by atoms with Gasteiger partial charge in [0.05, 0.1) is 6.61 Å². The molecule has 0 aromatic heterocycles. The molecule has 4 N–H and O–H groups in total. The zero-order chi connectivity index (χ0) is 19.5. The van der Waals surface area contributed by atoms with Gasteiger partial charge >= 0.3 is 13.9 Å². The maximum Gasteiger partial charge on any atom is 0.469 e. The molecule has 0 aromatic carbocycles. The minimum Gasteiger partial charge on any atom is -0.338 e. The molecule has 0 saturated heterocycles. The van der Waals surface area contributed by atoms with Crippen LogP contribution in [0.1, 0.15) is 77.6 Å². The summed E-state index contributed by atoms with van der Waals surface area (Å²) in [7, 11) is -4.45. The second-order valence-electron chi connectivity index (χ2n) is 6.38. The van der Waals surface area contributed by atoms with E-state index in [9.17, 15) is 9.36 Å². The third kappa shape index (κ3) is 21.2. The number of amides is 2. The van der Waals surface area contributed by atoms with Crippen molar-refractivity contribution < 1.29 is 23.7 Å². The predicted octanol–water partition coefficient (Wildman–Crippen LogP) is 4.26. The fraction of sp³-hybridized carbons (Fsp3) is 0.833. The van der Waals surface area contributed by atoms with Gasteiger partial charge < -0.3 is 20.4 Å². The molecule has 0 fully saturated rings. The molecule has 0 aliphatic carbocycles. The van der Waals surface area contributed by atoms with Gasteiger partial charge in [-0.1, -0.05) is 57.6 Å². The van der Waals surface area contributed by atoms with Crippen LogP contribution in [0.4, 0.5) is 4.79 Å². The summed E-state index contributed by atoms with van der Waals surface area (Å²) in [5.41, 5.74) is 0. The van der Waals surface area contributed by atoms with Gasteiger partial charge in [-0.15, -0.1) is 0 Å². The van der Waals surface area contributed by atoms with E-state index in [4.69, 9.17) is 9.79 Å². The predicted molar refractivity (Wildman–Crippen MR) is 105 cm³/mol. The Labute approximate surface area is 158 Å². The monoisotopic (exact) mass is 392 g/mol. The van der Waals surface area contributed by atoms with Crippen molar-refractivity contribution in [1.82, 2.24) is 10.6 Å². The molecule has 0 radical (unpaired) electrons. The lowest BCUT2D eigenvalue weighted by atomic mass is 10.1. The lowest BCUT2D eigenvalue weighted by Crippen LogP contribution is -2.37. The summed E-state index contributed by atoms with van der Waals surface area (Å²) >= 11 is 0. The van der Waals surface area contributed by atoms with Gasteiger partial charge in [0, 0.05) is 13.1 Å². The minimum atomic E-state index is -4.45. The molecule has 0 aromatic rings. The third-order valence-corrected chi connectivity index (χ3v) is 4.39. The Morgan fingerprint density at radius 2 is 1.42 bits per heavy atom. The second-order valence-corrected chi connectivity index (χ2v) is 7.62. The van der Waals surface area contributed by atoms with Crippen LogP contribution in [0.2, 0.25) is 0 Å². The van der Waals surface area contributed by atoms with Crippen LogP contribution in [0, 0.1) is 0 Å². The van der Waals surface area contributed by atoms with Crippen LogP contribution in [0.3, 0.4) is 0 Å². The number of phosphoric ester groups is 1. The summed E-state index contributed by atoms with van der Waals surface area (Å²) in [4.78, 5) is 28.4. The average molecular weight is 392 g/mol. The van der Waals surface area contributed by atoms with Gasteiger partial charge in [-0.3, -0.25) is 4.52 Å². The quantitative estimate of drug-likeness (QED) is 0.168. The molecule has 154 valence electrons. The highest BCUT2D eigenvalue weighted by molar-refractivity contribution is 7.46. The number of carbonyl (C=O) groups is 1. The number of hydrogen-bond donors (Lipinski definition) is 4. The van der Waals surface area contributed by atoms with E-state index in [1.807, 2.05) is 0 Å². The fourth-order valence-corrected chi connectivity index (χ4v) is 2.76. The van der Waals surface area contributed by atoms with E-state index >= 15 is 0 Å². The lowest BCUT2D eigenvalue weighted by molar-refractivity contribution is 0.195. The summed E-state index contributed by atoms with van der Waals surface area (Å²) in [5.74, 6) is 0. The van der Waals surface area contributed by atoms with Crippen molar-refractivity contribution in [3.8, 4) is 0 Å². The Hall–Kier alpha value is -0.880. The van der Waals surface area contributed by atoms with Crippen molar-refractivity contribution in [2.24, 2.45) is 0 Å². The number of rotatable bonds is 17. The van der Waals surface area contributed by atoms with E-state index in [2.05, 4.69) is 34.2 Å². The van der Waals surface area contributed by atoms with Crippen molar-refractivity contribution in [2.75, 3.05) is 19.7 Å². The van der Waals surface area contributed by atoms with E-state index in [1.165, 1.54) is 51.4 Å². The largest absolute Gasteiger partial charge is 0.469 e. The zero-order valence-corrected chi connectivity index (χ0v) is 17.0. The molecular weight excluding hydrogens is 355 g/mol. The van der Waals surface area contributed by atoms with Crippen LogP contribution in [0.5, 0.6) is 0 Å². The van der Waals surface area contributed by atoms with Crippen molar-refractivity contribution in [1.29, 1.82) is 0 Å². The molecule has 0 aliphatic heterocycles. The van der Waals surface area contributed by atoms with E-state index in [0.29, 0.717) is 6.54 Å². The second kappa shape index (κ2) is 17.5. The molecule has 7 nitrogen and oxygen atoms in total. The maximum absolute atomic E-state index is 11.4. The summed E-state index contributed by atoms with van der Waals surface area (Å²) in [6, 6.07) is -0.344. The first-order valence-corrected chi connectivity index (χ1v) is 11.4. The highest BCUT2D eigenvalue weighted by atomic mass is 31.2. The Kier molecular flexibility index (Phi) is 16.9. The van der Waals surface area contributed by atoms with Crippen LogP contribution in [0.15, 0.2) is 12.2 Å². The first kappa shape index (κ1) is 25.1. The van der Waals surface area contributed by atoms with Gasteiger partial charge in [0.1, 0.15) is 0 Å². The Morgan fingerprint density at radius 1 is 0.885 bits per heavy atom. The molecule has 0 saturated carbocycles. The van der Waals surface area contributed by atoms with Crippen LogP contribution < -0.4 is 10.6 Å². The van der Waals surface area contributed by atoms with E-state index in [1.54, 1.807) is 0 Å². The van der Waals surface area contributed by atoms with E-state index in [0.717, 1.165) is 19.3 Å². The number of carbonyl (C=O) groups excluding carboxylic acids is 1. The third-order valence-electron chi connectivity index (χ3n) is 3.87. The molecule has 2 amide bonds. The van der Waals surface area contributed by atoms with Gasteiger partial charge in [0.15, 0.2) is 0 Å². The standard InChI is InChI=1S/C18H37N2O5P/c1-2-3-4-5-6-7-8-9-10-11-12-13-14-15-19-18(21)20-16-17-25-26(22,23)24/h7-8H,2-6,9-17H2,1H3,(H2,19,20,21)(H2,22,23,24)/b8-7-. The molecule has 8 heteroatoms. The number of urea groups is 1. The SMILES string of the molecule is CCCCCC/C=C\CCCCCCCNC(=O)NCCOP(=O)(O)O. The van der Waals surface area contributed by atoms with Gasteiger partial charge in [-0.2, -0.15) is 0 Å². The number of hydrogen-bond acceptors (Lipinski definition) is 3. The number of unbranched alkanes of at least 4 members (excludes halogenated alkanes) is 9. The van der Waals surface area contributed by atoms with Crippen LogP contribution in [0.25, 0.3) is 0 Å². The van der Waals surface area contributed by atoms with Gasteiger partial charge in [-0.05, 0) is 32.1 Å². The number of allylic oxidation sites excluding steroid dienone is 2. The Balaban J connectivity index is 3.26. The number of nitrogens with one attached hydrogen (secondary N) is 2. The van der Waals surface area contributed by atoms with Crippen LogP contribution in [-0.4, -0.2) is 35.5 Å². The van der Waals surface area contributed by atoms with Crippen molar-refractivity contribution >= 4 is 13.9 Å². The zero-order valence-electron chi connectivity index (χ0n) is 16.1. The van der Waals surface area contributed by atoms with Crippen molar-refractivity contribution in [3.63, 3.8) is 0 Å². The lowest BCUT2D eigenvalue weighted by Gasteiger charge is -2.08. The van der Waals surface area contributed by atoms with Gasteiger partial charge in [0.2, 0.25) is 0 Å². The number of phosphoric acid groups is 1. The molecule has 26 heavy (non-hydrogen) atoms. The van der Waals surface area contributed by atoms with Crippen LogP contribution in [-0.2, 0) is 9.09 Å². The maximum atomic E-state index is 11.4.